The fourth-order valence-corrected chi connectivity index (χ4v) is 16.4. The molecule has 0 amide bonds. The number of halogens is 2. The van der Waals surface area contributed by atoms with Gasteiger partial charge in [0.05, 0.1) is 55.8 Å². The summed E-state index contributed by atoms with van der Waals surface area (Å²) in [4.78, 5) is 0. The topological polar surface area (TPSA) is 148 Å². The Labute approximate surface area is 708 Å². The molecular weight excluding hydrogens is 1590 g/mol. The molecule has 6 fully saturated rings. The highest BCUT2D eigenvalue weighted by atomic mass is 79.9. The number of hydrogen-bond donors (Lipinski definition) is 0. The van der Waals surface area contributed by atoms with E-state index in [4.69, 9.17) is 75.5 Å². The molecule has 116 heavy (non-hydrogen) atoms. The van der Waals surface area contributed by atoms with Crippen LogP contribution in [0.5, 0.6) is 46.0 Å². The lowest BCUT2D eigenvalue weighted by atomic mass is 9.79. The summed E-state index contributed by atoms with van der Waals surface area (Å²) in [5, 5.41) is 0. The Balaban J connectivity index is 0.000000167. The zero-order valence-corrected chi connectivity index (χ0v) is 73.9. The maximum Gasteiger partial charge on any atom is 0.494 e. The van der Waals surface area contributed by atoms with E-state index in [9.17, 15) is 0 Å². The summed E-state index contributed by atoms with van der Waals surface area (Å²) < 4.78 is 102. The highest BCUT2D eigenvalue weighted by Gasteiger charge is 2.53. The molecule has 0 N–H and O–H groups in total. The minimum absolute atomic E-state index is 0.230. The van der Waals surface area contributed by atoms with E-state index in [0.717, 1.165) is 111 Å². The molecule has 0 bridgehead atoms. The molecule has 16 nitrogen and oxygen atoms in total. The molecule has 622 valence electrons. The van der Waals surface area contributed by atoms with Gasteiger partial charge in [-0.1, -0.05) is 192 Å². The van der Waals surface area contributed by atoms with E-state index in [-0.39, 0.29) is 31.1 Å². The van der Waals surface area contributed by atoms with Crippen molar-refractivity contribution in [2.45, 2.75) is 310 Å². The summed E-state index contributed by atoms with van der Waals surface area (Å²) in [5.74, 6) is 5.71. The van der Waals surface area contributed by atoms with Crippen molar-refractivity contribution >= 4 is 57.0 Å². The van der Waals surface area contributed by atoms with Gasteiger partial charge in [-0.3, -0.25) is 0 Å². The molecule has 4 aliphatic carbocycles. The summed E-state index contributed by atoms with van der Waals surface area (Å²) in [6, 6.07) is 59.5. The van der Waals surface area contributed by atoms with Gasteiger partial charge in [0.2, 0.25) is 0 Å². The number of hydrogen-bond acceptors (Lipinski definition) is 16. The van der Waals surface area contributed by atoms with Crippen molar-refractivity contribution in [2.24, 2.45) is 0 Å². The van der Waals surface area contributed by atoms with Crippen molar-refractivity contribution in [3.63, 3.8) is 0 Å². The van der Waals surface area contributed by atoms with E-state index in [0.29, 0.717) is 46.7 Å². The van der Waals surface area contributed by atoms with Crippen LogP contribution in [0.3, 0.4) is 0 Å². The average Bonchev–Trinajstić information content (AvgIpc) is 1.61. The van der Waals surface area contributed by atoms with Crippen LogP contribution in [-0.4, -0.2) is 86.2 Å². The van der Waals surface area contributed by atoms with Gasteiger partial charge in [0.25, 0.3) is 12.6 Å². The first kappa shape index (κ1) is 88.2. The maximum atomic E-state index is 6.56. The Kier molecular flexibility index (Phi) is 31.4. The normalized spacial score (nSPS) is 19.6. The first-order valence-corrected chi connectivity index (χ1v) is 44.0. The lowest BCUT2D eigenvalue weighted by Gasteiger charge is -2.32. The molecule has 0 radical (unpaired) electrons. The van der Waals surface area contributed by atoms with E-state index in [2.05, 4.69) is 63.9 Å². The molecule has 8 aromatic rings. The second-order valence-corrected chi connectivity index (χ2v) is 35.5. The third kappa shape index (κ3) is 25.0. The van der Waals surface area contributed by atoms with Crippen LogP contribution in [0.25, 0.3) is 11.1 Å². The minimum Gasteiger partial charge on any atom is -0.465 e. The van der Waals surface area contributed by atoms with Gasteiger partial charge in [-0.2, -0.15) is 0 Å². The zero-order chi connectivity index (χ0) is 82.0. The van der Waals surface area contributed by atoms with Gasteiger partial charge in [-0.15, -0.1) is 0 Å². The second-order valence-electron chi connectivity index (χ2n) is 33.8. The standard InChI is InChI=1S/C43H52O6.C31H38B2O6.C22H32Br2O4/c1-30-20-24-38(25-21-30)48-43(35-14-8-5-9-15-35)49-39-26-22-34(23-27-39)40-28-31(2)41(46-32(3)44-36-16-10-6-11-17-36)29-42(40)47-33(4)45-37-18-12-7-13-19-37;1-28(2)29(3,4)37-32(36-28)23-14-18-25(19-15-23)34-27(22-12-10-9-11-13-22)35-26-20-16-24(17-21-26)33-38-30(5,6)31(7,8)39-33;1-15(25-17-9-5-3-6-10-17)27-21-14-22(20(24)13-19(21)23)28-16(2)26-18-11-7-4-8-12-18/h5,8-9,14-15,20-29,32-33,36-37,43H,6-7,10-13,16-19H2,1-4H3;9-21,27H,1-8H3;13-18H,3-12H2,1-2H3. The molecular formula is C96H122B2Br2O16. The van der Waals surface area contributed by atoms with Crippen molar-refractivity contribution in [1.82, 2.24) is 0 Å². The van der Waals surface area contributed by atoms with Gasteiger partial charge in [0.15, 0.2) is 25.2 Å². The van der Waals surface area contributed by atoms with E-state index < -0.39 is 55.5 Å². The van der Waals surface area contributed by atoms with Crippen molar-refractivity contribution in [3.8, 4) is 57.1 Å². The smallest absolute Gasteiger partial charge is 0.465 e. The van der Waals surface area contributed by atoms with Gasteiger partial charge in [0, 0.05) is 28.8 Å². The Bertz CT molecular complexity index is 4140. The highest BCUT2D eigenvalue weighted by Crippen LogP contribution is 2.43. The molecule has 2 aliphatic heterocycles. The lowest BCUT2D eigenvalue weighted by molar-refractivity contribution is -0.120. The molecule has 8 aromatic carbocycles. The van der Waals surface area contributed by atoms with Gasteiger partial charge in [0.1, 0.15) is 46.0 Å². The quantitative estimate of drug-likeness (QED) is 0.0323. The van der Waals surface area contributed by atoms with Crippen molar-refractivity contribution in [3.05, 3.63) is 213 Å². The Hall–Kier alpha value is -7.07. The predicted octanol–water partition coefficient (Wildman–Crippen LogP) is 24.1. The highest BCUT2D eigenvalue weighted by molar-refractivity contribution is 9.11. The van der Waals surface area contributed by atoms with Crippen LogP contribution in [0.1, 0.15) is 246 Å². The van der Waals surface area contributed by atoms with Crippen LogP contribution in [0.15, 0.2) is 191 Å². The predicted molar refractivity (Wildman–Crippen MR) is 467 cm³/mol. The summed E-state index contributed by atoms with van der Waals surface area (Å²) >= 11 is 7.17. The maximum absolute atomic E-state index is 6.56. The van der Waals surface area contributed by atoms with Crippen molar-refractivity contribution < 1.29 is 75.5 Å². The largest absolute Gasteiger partial charge is 0.494 e. The van der Waals surface area contributed by atoms with Crippen molar-refractivity contribution in [1.29, 1.82) is 0 Å². The Morgan fingerprint density at radius 1 is 0.319 bits per heavy atom. The van der Waals surface area contributed by atoms with E-state index in [1.54, 1.807) is 0 Å². The van der Waals surface area contributed by atoms with Gasteiger partial charge < -0.3 is 75.5 Å². The van der Waals surface area contributed by atoms with Gasteiger partial charge in [-0.25, -0.2) is 0 Å². The molecule has 0 spiro atoms. The molecule has 0 aromatic heterocycles. The Morgan fingerprint density at radius 2 is 0.603 bits per heavy atom. The second kappa shape index (κ2) is 41.3. The summed E-state index contributed by atoms with van der Waals surface area (Å²) in [7, 11) is -0.847. The van der Waals surface area contributed by atoms with Crippen LogP contribution in [0.2, 0.25) is 0 Å². The number of benzene rings is 8. The van der Waals surface area contributed by atoms with E-state index in [1.165, 1.54) is 82.6 Å². The van der Waals surface area contributed by atoms with Crippen LogP contribution in [0, 0.1) is 13.8 Å². The third-order valence-corrected chi connectivity index (χ3v) is 24.5. The van der Waals surface area contributed by atoms with Crippen LogP contribution in [0.4, 0.5) is 0 Å². The summed E-state index contributed by atoms with van der Waals surface area (Å²) in [5.41, 5.74) is 6.31. The van der Waals surface area contributed by atoms with Gasteiger partial charge >= 0.3 is 14.2 Å². The minimum atomic E-state index is -0.642. The first-order chi connectivity index (χ1) is 55.7. The van der Waals surface area contributed by atoms with E-state index in [1.807, 2.05) is 247 Å². The molecule has 2 saturated heterocycles. The molecule has 5 atom stereocenters. The average molecular weight is 1710 g/mol. The molecule has 2 heterocycles. The number of ether oxygens (including phenoxy) is 12. The molecule has 4 saturated carbocycles. The molecule has 20 heteroatoms. The number of rotatable bonds is 29. The molecule has 5 unspecified atom stereocenters. The Morgan fingerprint density at radius 3 is 0.931 bits per heavy atom. The van der Waals surface area contributed by atoms with E-state index >= 15 is 0 Å². The fraction of sp³-hybridized carbons (Fsp3) is 0.500. The summed E-state index contributed by atoms with van der Waals surface area (Å²) in [6.07, 6.45) is 22.4. The zero-order valence-electron chi connectivity index (χ0n) is 70.7. The lowest BCUT2D eigenvalue weighted by Crippen LogP contribution is -2.41. The monoisotopic (exact) mass is 1710 g/mol. The molecule has 14 rings (SSSR count). The number of aryl methyl sites for hydroxylation is 2. The molecule has 6 aliphatic rings. The van der Waals surface area contributed by atoms with Crippen LogP contribution < -0.4 is 48.8 Å². The third-order valence-electron chi connectivity index (χ3n) is 23.3. The summed E-state index contributed by atoms with van der Waals surface area (Å²) in [6.45, 7) is 28.4. The SMILES string of the molecule is CC(Oc1cc(OC(C)OC2CCCCC2)c(Br)cc1Br)OC1CCCCC1.CC1(C)OB(c2ccc(OC(Oc3ccc(B4OC(C)(C)C(C)(C)O4)cc3)c3ccccc3)cc2)OC1(C)C.Cc1ccc(OC(Oc2ccc(-c3cc(C)c(OC(C)OC4CCCCC4)cc3OC(C)OC3CCCCC3)cc2)c2ccccc2)cc1. The van der Waals surface area contributed by atoms with Crippen molar-refractivity contribution in [2.75, 3.05) is 0 Å². The van der Waals surface area contributed by atoms with Crippen LogP contribution >= 0.6 is 31.9 Å². The fourth-order valence-electron chi connectivity index (χ4n) is 15.3. The first-order valence-electron chi connectivity index (χ1n) is 42.4. The van der Waals surface area contributed by atoms with Crippen LogP contribution in [-0.2, 0) is 37.6 Å². The van der Waals surface area contributed by atoms with Gasteiger partial charge in [-0.05, 0) is 263 Å².